The molecule has 0 saturated carbocycles. The molecule has 0 fully saturated rings. The quantitative estimate of drug-likeness (QED) is 0.347. The van der Waals surface area contributed by atoms with E-state index in [0.717, 1.165) is 11.1 Å². The molecule has 0 aliphatic heterocycles. The Labute approximate surface area is 174 Å². The largest absolute Gasteiger partial charge is 0.266 e. The Kier molecular flexibility index (Phi) is 9.49. The first-order valence-corrected chi connectivity index (χ1v) is 10.1. The van der Waals surface area contributed by atoms with Gasteiger partial charge >= 0.3 is 0 Å². The number of halogens is 4. The molecule has 0 aliphatic rings. The van der Waals surface area contributed by atoms with Crippen LogP contribution in [0.5, 0.6) is 0 Å². The van der Waals surface area contributed by atoms with Gasteiger partial charge in [-0.25, -0.2) is 0 Å². The normalized spacial score (nSPS) is 14.9. The van der Waals surface area contributed by atoms with Gasteiger partial charge in [0.25, 0.3) is 0 Å². The molecule has 6 heteroatoms. The van der Waals surface area contributed by atoms with E-state index < -0.39 is 0 Å². The van der Waals surface area contributed by atoms with Crippen LogP contribution in [0.1, 0.15) is 11.1 Å². The van der Waals surface area contributed by atoms with Gasteiger partial charge in [-0.3, -0.25) is 9.98 Å². The smallest absolute Gasteiger partial charge is 0.161 e. The third-order valence-corrected chi connectivity index (χ3v) is 5.11. The maximum atomic E-state index is 6.26. The van der Waals surface area contributed by atoms with Crippen molar-refractivity contribution in [2.24, 2.45) is 9.98 Å². The second-order valence-electron chi connectivity index (χ2n) is 5.84. The van der Waals surface area contributed by atoms with Crippen LogP contribution in [-0.2, 0) is 12.8 Å². The van der Waals surface area contributed by atoms with Gasteiger partial charge in [0.1, 0.15) is 0 Å². The van der Waals surface area contributed by atoms with E-state index in [1.165, 1.54) is 0 Å². The van der Waals surface area contributed by atoms with E-state index in [9.17, 15) is 0 Å². The number of rotatable bonds is 9. The SMILES string of the molecule is ClC[C@H](Cc1ccccc1)N=C(Cl)C(Cl)=N[C@H](CCl)Cc1ccccc1. The molecule has 0 aromatic heterocycles. The van der Waals surface area contributed by atoms with Crippen LogP contribution in [0.4, 0.5) is 0 Å². The minimum Gasteiger partial charge on any atom is -0.266 e. The molecule has 26 heavy (non-hydrogen) atoms. The Morgan fingerprint density at radius 1 is 0.654 bits per heavy atom. The highest BCUT2D eigenvalue weighted by Crippen LogP contribution is 2.13. The third kappa shape index (κ3) is 7.28. The van der Waals surface area contributed by atoms with Gasteiger partial charge in [0, 0.05) is 11.8 Å². The van der Waals surface area contributed by atoms with E-state index in [-0.39, 0.29) is 22.4 Å². The predicted molar refractivity (Wildman–Crippen MR) is 116 cm³/mol. The summed E-state index contributed by atoms with van der Waals surface area (Å²) in [5.74, 6) is 0.691. The van der Waals surface area contributed by atoms with Crippen LogP contribution in [0.3, 0.4) is 0 Å². The lowest BCUT2D eigenvalue weighted by molar-refractivity contribution is 0.745. The molecule has 0 saturated heterocycles. The van der Waals surface area contributed by atoms with Gasteiger partial charge in [0.15, 0.2) is 10.3 Å². The average molecular weight is 430 g/mol. The molecule has 0 N–H and O–H groups in total. The number of nitrogens with zero attached hydrogens (tertiary/aromatic N) is 2. The van der Waals surface area contributed by atoms with Crippen LogP contribution in [0.25, 0.3) is 0 Å². The van der Waals surface area contributed by atoms with Gasteiger partial charge < -0.3 is 0 Å². The molecule has 2 aromatic carbocycles. The standard InChI is InChI=1S/C20H20Cl4N2/c21-13-17(11-15-7-3-1-4-8-15)25-19(23)20(24)26-18(14-22)12-16-9-5-2-6-10-16/h1-10,17-18H,11-14H2/t17-,18-/m0/s1. The second-order valence-corrected chi connectivity index (χ2v) is 7.17. The van der Waals surface area contributed by atoms with Crippen molar-refractivity contribution in [2.75, 3.05) is 11.8 Å². The molecule has 0 amide bonds. The third-order valence-electron chi connectivity index (χ3n) is 3.75. The van der Waals surface area contributed by atoms with Gasteiger partial charge in [-0.2, -0.15) is 0 Å². The van der Waals surface area contributed by atoms with E-state index in [1.54, 1.807) is 0 Å². The monoisotopic (exact) mass is 428 g/mol. The molecule has 2 atom stereocenters. The Morgan fingerprint density at radius 3 is 1.31 bits per heavy atom. The Bertz CT molecular complexity index is 654. The van der Waals surface area contributed by atoms with E-state index in [4.69, 9.17) is 46.4 Å². The summed E-state index contributed by atoms with van der Waals surface area (Å²) < 4.78 is 0. The van der Waals surface area contributed by atoms with Crippen molar-refractivity contribution in [2.45, 2.75) is 24.9 Å². The van der Waals surface area contributed by atoms with E-state index in [2.05, 4.69) is 9.98 Å². The van der Waals surface area contributed by atoms with Crippen molar-refractivity contribution in [1.82, 2.24) is 0 Å². The number of hydrogen-bond acceptors (Lipinski definition) is 2. The first-order chi connectivity index (χ1) is 12.6. The highest BCUT2D eigenvalue weighted by molar-refractivity contribution is 7.00. The Morgan fingerprint density at radius 2 is 1.00 bits per heavy atom. The molecule has 0 radical (unpaired) electrons. The zero-order chi connectivity index (χ0) is 18.8. The Hall–Kier alpha value is -1.06. The minimum atomic E-state index is -0.168. The fraction of sp³-hybridized carbons (Fsp3) is 0.300. The molecule has 2 nitrogen and oxygen atoms in total. The van der Waals surface area contributed by atoms with Crippen molar-refractivity contribution in [3.8, 4) is 0 Å². The van der Waals surface area contributed by atoms with Crippen LogP contribution in [0.2, 0.25) is 0 Å². The Balaban J connectivity index is 2.05. The van der Waals surface area contributed by atoms with Crippen molar-refractivity contribution in [3.05, 3.63) is 71.8 Å². The predicted octanol–water partition coefficient (Wildman–Crippen LogP) is 5.96. The maximum Gasteiger partial charge on any atom is 0.161 e. The van der Waals surface area contributed by atoms with Gasteiger partial charge in [0.2, 0.25) is 0 Å². The lowest BCUT2D eigenvalue weighted by Gasteiger charge is -2.12. The first kappa shape index (κ1) is 21.2. The minimum absolute atomic E-state index is 0.163. The molecular weight excluding hydrogens is 410 g/mol. The fourth-order valence-corrected chi connectivity index (χ4v) is 3.20. The summed E-state index contributed by atoms with van der Waals surface area (Å²) in [4.78, 5) is 8.86. The zero-order valence-corrected chi connectivity index (χ0v) is 17.2. The van der Waals surface area contributed by atoms with Crippen LogP contribution >= 0.6 is 46.4 Å². The van der Waals surface area contributed by atoms with E-state index in [1.807, 2.05) is 60.7 Å². The number of hydrogen-bond donors (Lipinski definition) is 0. The van der Waals surface area contributed by atoms with Gasteiger partial charge in [-0.15, -0.1) is 23.2 Å². The van der Waals surface area contributed by atoms with Crippen LogP contribution < -0.4 is 0 Å². The van der Waals surface area contributed by atoms with Crippen molar-refractivity contribution in [3.63, 3.8) is 0 Å². The van der Waals surface area contributed by atoms with E-state index >= 15 is 0 Å². The topological polar surface area (TPSA) is 24.7 Å². The summed E-state index contributed by atoms with van der Waals surface area (Å²) >= 11 is 24.6. The summed E-state index contributed by atoms with van der Waals surface area (Å²) in [6, 6.07) is 19.6. The van der Waals surface area contributed by atoms with Crippen LogP contribution in [-0.4, -0.2) is 34.2 Å². The van der Waals surface area contributed by atoms with E-state index in [0.29, 0.717) is 24.6 Å². The second kappa shape index (κ2) is 11.6. The number of aliphatic imine (C=N–C) groups is 2. The van der Waals surface area contributed by atoms with Crippen molar-refractivity contribution in [1.29, 1.82) is 0 Å². The van der Waals surface area contributed by atoms with Crippen LogP contribution in [0, 0.1) is 0 Å². The molecule has 2 aromatic rings. The molecule has 0 unspecified atom stereocenters. The van der Waals surface area contributed by atoms with Crippen molar-refractivity contribution >= 4 is 56.7 Å². The number of alkyl halides is 2. The average Bonchev–Trinajstić information content (AvgIpc) is 2.68. The van der Waals surface area contributed by atoms with Crippen LogP contribution in [0.15, 0.2) is 70.6 Å². The summed E-state index contributed by atoms with van der Waals surface area (Å²) in [6.45, 7) is 0. The molecule has 0 bridgehead atoms. The first-order valence-electron chi connectivity index (χ1n) is 8.29. The summed E-state index contributed by atoms with van der Waals surface area (Å²) in [7, 11) is 0. The molecule has 138 valence electrons. The lowest BCUT2D eigenvalue weighted by Crippen LogP contribution is -2.17. The zero-order valence-electron chi connectivity index (χ0n) is 14.2. The van der Waals surface area contributed by atoms with Gasteiger partial charge in [0.05, 0.1) is 12.1 Å². The highest BCUT2D eigenvalue weighted by atomic mass is 35.5. The summed E-state index contributed by atoms with van der Waals surface area (Å²) in [5, 5.41) is 0.327. The molecular formula is C20H20Cl4N2. The molecule has 0 spiro atoms. The maximum absolute atomic E-state index is 6.26. The fourth-order valence-electron chi connectivity index (χ4n) is 2.47. The molecule has 2 rings (SSSR count). The molecule has 0 heterocycles. The highest BCUT2D eigenvalue weighted by Gasteiger charge is 2.13. The number of benzene rings is 2. The summed E-state index contributed by atoms with van der Waals surface area (Å²) in [5.41, 5.74) is 2.28. The lowest BCUT2D eigenvalue weighted by atomic mass is 10.1. The van der Waals surface area contributed by atoms with Gasteiger partial charge in [-0.05, 0) is 24.0 Å². The molecule has 0 aliphatic carbocycles. The van der Waals surface area contributed by atoms with Crippen molar-refractivity contribution < 1.29 is 0 Å². The van der Waals surface area contributed by atoms with Gasteiger partial charge in [-0.1, -0.05) is 83.9 Å². The summed E-state index contributed by atoms with van der Waals surface area (Å²) in [6.07, 6.45) is 1.38.